The van der Waals surface area contributed by atoms with Crippen LogP contribution < -0.4 is 4.74 Å². The molecule has 2 atom stereocenters. The van der Waals surface area contributed by atoms with Crippen molar-refractivity contribution in [2.45, 2.75) is 25.2 Å². The van der Waals surface area contributed by atoms with Crippen LogP contribution in [0.5, 0.6) is 5.88 Å². The van der Waals surface area contributed by atoms with Crippen LogP contribution in [0.4, 0.5) is 0 Å². The molecule has 0 saturated heterocycles. The number of carbonyl (C=O) groups excluding carboxylic acids is 2. The number of hydrogen-bond acceptors (Lipinski definition) is 9. The zero-order chi connectivity index (χ0) is 21.0. The lowest BCUT2D eigenvalue weighted by Gasteiger charge is -2.31. The zero-order valence-electron chi connectivity index (χ0n) is 16.3. The van der Waals surface area contributed by atoms with Gasteiger partial charge < -0.3 is 23.8 Å². The Kier molecular flexibility index (Phi) is 6.18. The summed E-state index contributed by atoms with van der Waals surface area (Å²) in [4.78, 5) is 26.1. The van der Waals surface area contributed by atoms with Gasteiger partial charge in [-0.3, -0.25) is 9.69 Å². The van der Waals surface area contributed by atoms with E-state index in [1.165, 1.54) is 7.11 Å². The number of esters is 1. The summed E-state index contributed by atoms with van der Waals surface area (Å²) in [7, 11) is 4.72. The number of hydrogen-bond donors (Lipinski definition) is 1. The summed E-state index contributed by atoms with van der Waals surface area (Å²) in [6.45, 7) is 0.179. The van der Waals surface area contributed by atoms with Crippen molar-refractivity contribution in [3.63, 3.8) is 0 Å². The van der Waals surface area contributed by atoms with Crippen LogP contribution in [0.25, 0.3) is 0 Å². The molecule has 0 bridgehead atoms. The van der Waals surface area contributed by atoms with Gasteiger partial charge >= 0.3 is 5.97 Å². The van der Waals surface area contributed by atoms with Gasteiger partial charge in [0.2, 0.25) is 5.78 Å². The molecule has 0 fully saturated rings. The molecule has 1 aromatic heterocycles. The molecule has 0 amide bonds. The molecule has 2 heterocycles. The second-order valence-corrected chi connectivity index (χ2v) is 6.71. The number of benzene rings is 1. The minimum atomic E-state index is -0.702. The molecule has 1 aliphatic rings. The molecule has 0 spiro atoms. The van der Waals surface area contributed by atoms with Crippen molar-refractivity contribution >= 4 is 11.8 Å². The van der Waals surface area contributed by atoms with Crippen LogP contribution in [-0.2, 0) is 20.9 Å². The molecular weight excluding hydrogens is 380 g/mol. The number of allylic oxidation sites excluding steroid dienone is 1. The van der Waals surface area contributed by atoms with Gasteiger partial charge in [-0.2, -0.15) is 0 Å². The highest BCUT2D eigenvalue weighted by molar-refractivity contribution is 5.94. The number of carbonyl (C=O) groups is 2. The van der Waals surface area contributed by atoms with E-state index in [4.69, 9.17) is 18.7 Å². The van der Waals surface area contributed by atoms with Gasteiger partial charge in [0.05, 0.1) is 13.5 Å². The van der Waals surface area contributed by atoms with Crippen LogP contribution in [0.1, 0.15) is 34.1 Å². The predicted octanol–water partition coefficient (Wildman–Crippen LogP) is 2.40. The van der Waals surface area contributed by atoms with Crippen molar-refractivity contribution in [3.8, 4) is 5.88 Å². The molecule has 9 nitrogen and oxygen atoms in total. The van der Waals surface area contributed by atoms with Crippen LogP contribution in [0.15, 0.2) is 46.9 Å². The Balaban J connectivity index is 1.93. The van der Waals surface area contributed by atoms with Crippen molar-refractivity contribution in [2.24, 2.45) is 0 Å². The van der Waals surface area contributed by atoms with Gasteiger partial charge in [0.25, 0.3) is 5.88 Å². The molecule has 154 valence electrons. The molecule has 9 heteroatoms. The number of rotatable bonds is 7. The first-order chi connectivity index (χ1) is 13.9. The normalized spacial score (nSPS) is 17.4. The first-order valence-corrected chi connectivity index (χ1v) is 8.91. The number of aromatic nitrogens is 1. The molecule has 1 N–H and O–H groups in total. The molecule has 1 aromatic carbocycles. The maximum atomic E-state index is 12.5. The lowest BCUT2D eigenvalue weighted by molar-refractivity contribution is -0.124. The first kappa shape index (κ1) is 20.4. The van der Waals surface area contributed by atoms with Crippen molar-refractivity contribution in [2.75, 3.05) is 21.2 Å². The van der Waals surface area contributed by atoms with E-state index < -0.39 is 29.7 Å². The Morgan fingerprint density at radius 2 is 2.07 bits per heavy atom. The van der Waals surface area contributed by atoms with E-state index in [1.807, 2.05) is 30.3 Å². The molecule has 2 unspecified atom stereocenters. The average Bonchev–Trinajstić information content (AvgIpc) is 3.12. The van der Waals surface area contributed by atoms with Gasteiger partial charge in [-0.15, -0.1) is 0 Å². The van der Waals surface area contributed by atoms with Gasteiger partial charge in [0, 0.05) is 0 Å². The third-order valence-electron chi connectivity index (χ3n) is 4.50. The number of Topliss-reactive ketones (excluding diaryl/α,β-unsaturated/α-hetero) is 1. The molecule has 1 aliphatic heterocycles. The number of nitrogens with zero attached hydrogens (tertiary/aromatic N) is 2. The van der Waals surface area contributed by atoms with Crippen molar-refractivity contribution < 1.29 is 33.4 Å². The van der Waals surface area contributed by atoms with E-state index in [0.717, 1.165) is 11.8 Å². The summed E-state index contributed by atoms with van der Waals surface area (Å²) in [5.41, 5.74) is 0.913. The lowest BCUT2D eigenvalue weighted by Crippen LogP contribution is -2.36. The zero-order valence-corrected chi connectivity index (χ0v) is 16.3. The fraction of sp³-hybridized carbons (Fsp3) is 0.350. The Morgan fingerprint density at radius 3 is 2.69 bits per heavy atom. The standard InChI is InChI=1S/C20H22N2O7/c1-22(2)17(15-9-13(23)14(24)11-27-15)18-16(20(25)26-3)19(21-29-18)28-10-12-7-5-4-6-8-12/h4-8,11,15,17,24H,9-10H2,1-3H3. The molecular formula is C20H22N2O7. The summed E-state index contributed by atoms with van der Waals surface area (Å²) < 4.78 is 21.5. The fourth-order valence-electron chi connectivity index (χ4n) is 3.08. The van der Waals surface area contributed by atoms with E-state index in [0.29, 0.717) is 0 Å². The average molecular weight is 402 g/mol. The Bertz CT molecular complexity index is 905. The number of aliphatic hydroxyl groups excluding tert-OH is 1. The molecule has 3 rings (SSSR count). The van der Waals surface area contributed by atoms with Crippen molar-refractivity contribution in [3.05, 3.63) is 59.2 Å². The first-order valence-electron chi connectivity index (χ1n) is 8.91. The maximum absolute atomic E-state index is 12.5. The van der Waals surface area contributed by atoms with E-state index >= 15 is 0 Å². The van der Waals surface area contributed by atoms with Gasteiger partial charge in [0.15, 0.2) is 17.1 Å². The van der Waals surface area contributed by atoms with E-state index in [2.05, 4.69) is 5.16 Å². The molecule has 0 radical (unpaired) electrons. The number of ketones is 1. The van der Waals surface area contributed by atoms with Gasteiger partial charge in [-0.05, 0) is 24.8 Å². The van der Waals surface area contributed by atoms with Crippen molar-refractivity contribution in [1.29, 1.82) is 0 Å². The molecule has 29 heavy (non-hydrogen) atoms. The smallest absolute Gasteiger partial charge is 0.347 e. The monoisotopic (exact) mass is 402 g/mol. The lowest BCUT2D eigenvalue weighted by atomic mass is 9.97. The van der Waals surface area contributed by atoms with Gasteiger partial charge in [-0.1, -0.05) is 30.3 Å². The second-order valence-electron chi connectivity index (χ2n) is 6.71. The van der Waals surface area contributed by atoms with Gasteiger partial charge in [0.1, 0.15) is 25.0 Å². The quantitative estimate of drug-likeness (QED) is 0.698. The van der Waals surface area contributed by atoms with Crippen LogP contribution >= 0.6 is 0 Å². The summed E-state index contributed by atoms with van der Waals surface area (Å²) in [6.07, 6.45) is 0.201. The Labute approximate surface area is 167 Å². The second kappa shape index (κ2) is 8.78. The number of aliphatic hydroxyl groups is 1. The largest absolute Gasteiger partial charge is 0.502 e. The summed E-state index contributed by atoms with van der Waals surface area (Å²) in [5.74, 6) is -1.46. The highest BCUT2D eigenvalue weighted by Gasteiger charge is 2.40. The fourth-order valence-corrected chi connectivity index (χ4v) is 3.08. The Morgan fingerprint density at radius 1 is 1.34 bits per heavy atom. The van der Waals surface area contributed by atoms with Gasteiger partial charge in [-0.25, -0.2) is 4.79 Å². The summed E-state index contributed by atoms with van der Waals surface area (Å²) in [6, 6.07) is 8.73. The summed E-state index contributed by atoms with van der Waals surface area (Å²) >= 11 is 0. The number of methoxy groups -OCH3 is 1. The third-order valence-corrected chi connectivity index (χ3v) is 4.50. The van der Waals surface area contributed by atoms with Crippen LogP contribution in [-0.4, -0.2) is 54.2 Å². The minimum absolute atomic E-state index is 0.0110. The van der Waals surface area contributed by atoms with Crippen LogP contribution in [0, 0.1) is 0 Å². The third kappa shape index (κ3) is 4.40. The minimum Gasteiger partial charge on any atom is -0.502 e. The maximum Gasteiger partial charge on any atom is 0.347 e. The predicted molar refractivity (Wildman–Crippen MR) is 100 cm³/mol. The molecule has 0 saturated carbocycles. The SMILES string of the molecule is COC(=O)c1c(OCc2ccccc2)noc1C(C1CC(=O)C(O)=CO1)N(C)C. The highest BCUT2D eigenvalue weighted by Crippen LogP contribution is 2.35. The van der Waals surface area contributed by atoms with Crippen molar-refractivity contribution in [1.82, 2.24) is 10.1 Å². The Hall–Kier alpha value is -3.33. The van der Waals surface area contributed by atoms with Crippen LogP contribution in [0.2, 0.25) is 0 Å². The molecule has 2 aromatic rings. The number of ether oxygens (including phenoxy) is 3. The van der Waals surface area contributed by atoms with Crippen LogP contribution in [0.3, 0.4) is 0 Å². The summed E-state index contributed by atoms with van der Waals surface area (Å²) in [5, 5.41) is 13.4. The van der Waals surface area contributed by atoms with E-state index in [9.17, 15) is 14.7 Å². The number of likely N-dealkylation sites (N-methyl/N-ethyl adjacent to an activating group) is 1. The topological polar surface area (TPSA) is 111 Å². The molecule has 0 aliphatic carbocycles. The van der Waals surface area contributed by atoms with E-state index in [-0.39, 0.29) is 30.2 Å². The highest BCUT2D eigenvalue weighted by atomic mass is 16.6. The van der Waals surface area contributed by atoms with E-state index in [1.54, 1.807) is 19.0 Å².